The molecule has 0 bridgehead atoms. The first-order valence-electron chi connectivity index (χ1n) is 7.35. The first-order valence-corrected chi connectivity index (χ1v) is 7.35. The number of ether oxygens (including phenoxy) is 1. The molecule has 2 aromatic carbocycles. The molecule has 6 heteroatoms. The van der Waals surface area contributed by atoms with Gasteiger partial charge in [0.1, 0.15) is 11.4 Å². The maximum Gasteiger partial charge on any atom is 0.292 e. The molecule has 1 aliphatic heterocycles. The highest BCUT2D eigenvalue weighted by molar-refractivity contribution is 5.96. The number of nitro benzene ring substituents is 1. The monoisotopic (exact) mass is 312 g/mol. The minimum Gasteiger partial charge on any atom is -0.480 e. The van der Waals surface area contributed by atoms with E-state index < -0.39 is 11.0 Å². The second-order valence-electron chi connectivity index (χ2n) is 5.52. The van der Waals surface area contributed by atoms with Gasteiger partial charge in [-0.1, -0.05) is 24.3 Å². The molecule has 0 radical (unpaired) electrons. The lowest BCUT2D eigenvalue weighted by atomic mass is 10.0. The van der Waals surface area contributed by atoms with Gasteiger partial charge in [-0.2, -0.15) is 0 Å². The number of nitro groups is 1. The van der Waals surface area contributed by atoms with Crippen molar-refractivity contribution < 1.29 is 14.5 Å². The third-order valence-electron chi connectivity index (χ3n) is 3.82. The molecule has 0 spiro atoms. The van der Waals surface area contributed by atoms with E-state index in [4.69, 9.17) is 4.74 Å². The maximum atomic E-state index is 12.4. The summed E-state index contributed by atoms with van der Waals surface area (Å²) in [5, 5.41) is 13.6. The number of carbonyl (C=O) groups excluding carboxylic acids is 1. The van der Waals surface area contributed by atoms with Gasteiger partial charge in [-0.25, -0.2) is 0 Å². The summed E-state index contributed by atoms with van der Waals surface area (Å²) in [6.45, 7) is 1.96. The van der Waals surface area contributed by atoms with Crippen LogP contribution < -0.4 is 10.1 Å². The Bertz CT molecular complexity index is 773. The largest absolute Gasteiger partial charge is 0.480 e. The van der Waals surface area contributed by atoms with E-state index in [1.54, 1.807) is 12.1 Å². The van der Waals surface area contributed by atoms with Gasteiger partial charge in [0, 0.05) is 6.07 Å². The van der Waals surface area contributed by atoms with Gasteiger partial charge in [0.25, 0.3) is 11.6 Å². The molecule has 2 aromatic rings. The van der Waals surface area contributed by atoms with E-state index in [1.165, 1.54) is 12.1 Å². The van der Waals surface area contributed by atoms with Crippen LogP contribution in [0.5, 0.6) is 5.75 Å². The highest BCUT2D eigenvalue weighted by Crippen LogP contribution is 2.30. The number of hydrogen-bond acceptors (Lipinski definition) is 4. The Labute approximate surface area is 133 Å². The number of nitrogens with zero attached hydrogens (tertiary/aromatic N) is 1. The van der Waals surface area contributed by atoms with E-state index in [1.807, 2.05) is 25.1 Å². The van der Waals surface area contributed by atoms with Crippen LogP contribution in [0.2, 0.25) is 0 Å². The lowest BCUT2D eigenvalue weighted by Crippen LogP contribution is -2.36. The average Bonchev–Trinajstić information content (AvgIpc) is 2.54. The van der Waals surface area contributed by atoms with Crippen molar-refractivity contribution in [1.82, 2.24) is 0 Å². The summed E-state index contributed by atoms with van der Waals surface area (Å²) in [5.41, 5.74) is 2.18. The van der Waals surface area contributed by atoms with Crippen molar-refractivity contribution in [3.63, 3.8) is 0 Å². The first kappa shape index (κ1) is 15.0. The number of carbonyl (C=O) groups is 1. The third kappa shape index (κ3) is 3.15. The number of hydrogen-bond donors (Lipinski definition) is 1. The predicted octanol–water partition coefficient (Wildman–Crippen LogP) is 3.24. The Kier molecular flexibility index (Phi) is 3.97. The lowest BCUT2D eigenvalue weighted by Gasteiger charge is -2.25. The van der Waals surface area contributed by atoms with Gasteiger partial charge in [-0.05, 0) is 43.0 Å². The molecule has 6 nitrogen and oxygen atoms in total. The Morgan fingerprint density at radius 1 is 1.30 bits per heavy atom. The molecule has 0 aliphatic carbocycles. The van der Waals surface area contributed by atoms with Crippen LogP contribution in [-0.2, 0) is 11.2 Å². The van der Waals surface area contributed by atoms with Gasteiger partial charge in [0.2, 0.25) is 0 Å². The van der Waals surface area contributed by atoms with Crippen LogP contribution in [0.3, 0.4) is 0 Å². The van der Waals surface area contributed by atoms with E-state index in [9.17, 15) is 14.9 Å². The van der Waals surface area contributed by atoms with Crippen LogP contribution in [0.25, 0.3) is 0 Å². The minimum atomic E-state index is -0.649. The van der Waals surface area contributed by atoms with Crippen LogP contribution >= 0.6 is 0 Å². The number of fused-ring (bicyclic) bond motifs is 1. The van der Waals surface area contributed by atoms with Gasteiger partial charge in [-0.3, -0.25) is 14.9 Å². The van der Waals surface area contributed by atoms with E-state index in [2.05, 4.69) is 5.32 Å². The minimum absolute atomic E-state index is 0.132. The molecule has 0 aromatic heterocycles. The van der Waals surface area contributed by atoms with Crippen molar-refractivity contribution in [1.29, 1.82) is 0 Å². The van der Waals surface area contributed by atoms with Crippen molar-refractivity contribution in [2.75, 3.05) is 5.32 Å². The first-order chi connectivity index (χ1) is 11.0. The van der Waals surface area contributed by atoms with Crippen molar-refractivity contribution >= 4 is 17.3 Å². The zero-order chi connectivity index (χ0) is 16.4. The van der Waals surface area contributed by atoms with Crippen LogP contribution in [0, 0.1) is 17.0 Å². The molecule has 1 unspecified atom stereocenters. The van der Waals surface area contributed by atoms with Crippen LogP contribution in [0.4, 0.5) is 11.4 Å². The number of aryl methyl sites for hydroxylation is 2. The van der Waals surface area contributed by atoms with Gasteiger partial charge >= 0.3 is 0 Å². The van der Waals surface area contributed by atoms with Gasteiger partial charge in [0.15, 0.2) is 6.10 Å². The summed E-state index contributed by atoms with van der Waals surface area (Å²) in [5.74, 6) is 0.338. The summed E-state index contributed by atoms with van der Waals surface area (Å²) >= 11 is 0. The van der Waals surface area contributed by atoms with Crippen molar-refractivity contribution in [3.8, 4) is 5.75 Å². The Hall–Kier alpha value is -2.89. The Morgan fingerprint density at radius 3 is 2.87 bits per heavy atom. The van der Waals surface area contributed by atoms with E-state index in [0.29, 0.717) is 12.2 Å². The average molecular weight is 312 g/mol. The lowest BCUT2D eigenvalue weighted by molar-refractivity contribution is -0.383. The molecule has 1 N–H and O–H groups in total. The maximum absolute atomic E-state index is 12.4. The zero-order valence-electron chi connectivity index (χ0n) is 12.6. The number of rotatable bonds is 3. The second-order valence-corrected chi connectivity index (χ2v) is 5.52. The molecule has 23 heavy (non-hydrogen) atoms. The quantitative estimate of drug-likeness (QED) is 0.697. The van der Waals surface area contributed by atoms with Gasteiger partial charge < -0.3 is 10.1 Å². The van der Waals surface area contributed by atoms with E-state index >= 15 is 0 Å². The van der Waals surface area contributed by atoms with Gasteiger partial charge in [0.05, 0.1) is 4.92 Å². The molecule has 3 rings (SSSR count). The van der Waals surface area contributed by atoms with Crippen molar-refractivity contribution in [2.24, 2.45) is 0 Å². The highest BCUT2D eigenvalue weighted by atomic mass is 16.6. The summed E-state index contributed by atoms with van der Waals surface area (Å²) < 4.78 is 5.77. The number of amides is 1. The molecular weight excluding hydrogens is 296 g/mol. The predicted molar refractivity (Wildman–Crippen MR) is 85.6 cm³/mol. The molecule has 1 atom stereocenters. The normalized spacial score (nSPS) is 16.1. The fourth-order valence-corrected chi connectivity index (χ4v) is 2.61. The standard InChI is InChI=1S/C17H16N2O4/c1-11-6-7-12-8-9-15(23-16(12)10-11)17(20)18-13-4-2-3-5-14(13)19(21)22/h2-7,10,15H,8-9H2,1H3,(H,18,20). The third-order valence-corrected chi connectivity index (χ3v) is 3.82. The second kappa shape index (κ2) is 6.08. The summed E-state index contributed by atoms with van der Waals surface area (Å²) in [4.78, 5) is 22.9. The summed E-state index contributed by atoms with van der Waals surface area (Å²) in [6, 6.07) is 12.0. The SMILES string of the molecule is Cc1ccc2c(c1)OC(C(=O)Nc1ccccc1[N+](=O)[O-])CC2. The molecule has 1 amide bonds. The number of para-hydroxylation sites is 2. The summed E-state index contributed by atoms with van der Waals surface area (Å²) in [7, 11) is 0. The van der Waals surface area contributed by atoms with Crippen LogP contribution in [-0.4, -0.2) is 16.9 Å². The number of anilines is 1. The summed E-state index contributed by atoms with van der Waals surface area (Å²) in [6.07, 6.45) is 0.636. The highest BCUT2D eigenvalue weighted by Gasteiger charge is 2.27. The molecule has 0 saturated carbocycles. The fourth-order valence-electron chi connectivity index (χ4n) is 2.61. The number of benzene rings is 2. The van der Waals surface area contributed by atoms with Crippen LogP contribution in [0.1, 0.15) is 17.5 Å². The Balaban J connectivity index is 1.76. The van der Waals surface area contributed by atoms with Crippen molar-refractivity contribution in [2.45, 2.75) is 25.9 Å². The van der Waals surface area contributed by atoms with E-state index in [0.717, 1.165) is 17.5 Å². The molecular formula is C17H16N2O4. The Morgan fingerprint density at radius 2 is 2.09 bits per heavy atom. The fraction of sp³-hybridized carbons (Fsp3) is 0.235. The van der Waals surface area contributed by atoms with Crippen molar-refractivity contribution in [3.05, 3.63) is 63.7 Å². The number of nitrogens with one attached hydrogen (secondary N) is 1. The molecule has 0 saturated heterocycles. The molecule has 118 valence electrons. The molecule has 1 heterocycles. The molecule has 0 fully saturated rings. The molecule has 1 aliphatic rings. The van der Waals surface area contributed by atoms with Gasteiger partial charge in [-0.15, -0.1) is 0 Å². The van der Waals surface area contributed by atoms with Crippen LogP contribution in [0.15, 0.2) is 42.5 Å². The zero-order valence-corrected chi connectivity index (χ0v) is 12.6. The topological polar surface area (TPSA) is 81.5 Å². The smallest absolute Gasteiger partial charge is 0.292 e. The van der Waals surface area contributed by atoms with E-state index in [-0.39, 0.29) is 17.3 Å².